The van der Waals surface area contributed by atoms with Crippen molar-refractivity contribution in [2.24, 2.45) is 0 Å². The van der Waals surface area contributed by atoms with Crippen molar-refractivity contribution in [3.63, 3.8) is 0 Å². The Morgan fingerprint density at radius 2 is 2.00 bits per heavy atom. The van der Waals surface area contributed by atoms with Crippen LogP contribution in [0.1, 0.15) is 18.9 Å². The topological polar surface area (TPSA) is 50.7 Å². The largest absolute Gasteiger partial charge is 0.494 e. The molecule has 0 aliphatic heterocycles. The normalized spacial score (nSPS) is 12.4. The maximum absolute atomic E-state index is 9.11. The van der Waals surface area contributed by atoms with Gasteiger partial charge in [-0.1, -0.05) is 19.1 Å². The summed E-state index contributed by atoms with van der Waals surface area (Å²) in [7, 11) is 1.63. The summed E-state index contributed by atoms with van der Waals surface area (Å²) in [5, 5.41) is 12.3. The molecular formula is C14H23NO3. The summed E-state index contributed by atoms with van der Waals surface area (Å²) in [4.78, 5) is 0. The molecule has 18 heavy (non-hydrogen) atoms. The minimum absolute atomic E-state index is 0.0222. The Labute approximate surface area is 109 Å². The Bertz CT molecular complexity index is 313. The summed E-state index contributed by atoms with van der Waals surface area (Å²) < 4.78 is 10.5. The van der Waals surface area contributed by atoms with E-state index < -0.39 is 0 Å². The minimum atomic E-state index is -0.0222. The predicted molar refractivity (Wildman–Crippen MR) is 71.8 cm³/mol. The lowest BCUT2D eigenvalue weighted by atomic mass is 10.2. The van der Waals surface area contributed by atoms with Crippen molar-refractivity contribution < 1.29 is 14.6 Å². The van der Waals surface area contributed by atoms with Crippen molar-refractivity contribution in [2.75, 3.05) is 26.9 Å². The second-order valence-electron chi connectivity index (χ2n) is 4.21. The van der Waals surface area contributed by atoms with E-state index in [1.165, 1.54) is 0 Å². The minimum Gasteiger partial charge on any atom is -0.494 e. The fourth-order valence-corrected chi connectivity index (χ4v) is 1.56. The lowest BCUT2D eigenvalue weighted by Crippen LogP contribution is -2.35. The highest BCUT2D eigenvalue weighted by Gasteiger charge is 2.05. The van der Waals surface area contributed by atoms with Crippen molar-refractivity contribution in [2.45, 2.75) is 25.9 Å². The first-order valence-electron chi connectivity index (χ1n) is 6.35. The van der Waals surface area contributed by atoms with Crippen LogP contribution >= 0.6 is 0 Å². The third-order valence-electron chi connectivity index (χ3n) is 2.58. The van der Waals surface area contributed by atoms with E-state index in [1.54, 1.807) is 7.11 Å². The average molecular weight is 253 g/mol. The maximum atomic E-state index is 9.11. The summed E-state index contributed by atoms with van der Waals surface area (Å²) in [6, 6.07) is 7.97. The van der Waals surface area contributed by atoms with Gasteiger partial charge in [0.15, 0.2) is 0 Å². The molecule has 0 aliphatic rings. The number of aliphatic hydroxyl groups excluding tert-OH is 1. The smallest absolute Gasteiger partial charge is 0.119 e. The van der Waals surface area contributed by atoms with E-state index in [2.05, 4.69) is 12.2 Å². The summed E-state index contributed by atoms with van der Waals surface area (Å²) in [6.45, 7) is 4.13. The van der Waals surface area contributed by atoms with E-state index in [0.717, 1.165) is 24.3 Å². The molecule has 0 radical (unpaired) electrons. The number of benzene rings is 1. The highest BCUT2D eigenvalue weighted by Crippen LogP contribution is 2.12. The SMILES string of the molecule is CCCOc1ccc(CNC(CO)COC)cc1. The molecule has 0 fully saturated rings. The van der Waals surface area contributed by atoms with Gasteiger partial charge in [-0.15, -0.1) is 0 Å². The molecule has 0 spiro atoms. The number of hydrogen-bond acceptors (Lipinski definition) is 4. The average Bonchev–Trinajstić information content (AvgIpc) is 2.42. The molecule has 2 N–H and O–H groups in total. The second kappa shape index (κ2) is 8.91. The highest BCUT2D eigenvalue weighted by atomic mass is 16.5. The van der Waals surface area contributed by atoms with Crippen molar-refractivity contribution in [3.05, 3.63) is 29.8 Å². The van der Waals surface area contributed by atoms with Gasteiger partial charge in [-0.2, -0.15) is 0 Å². The fraction of sp³-hybridized carbons (Fsp3) is 0.571. The summed E-state index contributed by atoms with van der Waals surface area (Å²) in [5.74, 6) is 0.899. The molecule has 0 saturated carbocycles. The number of nitrogens with one attached hydrogen (secondary N) is 1. The highest BCUT2D eigenvalue weighted by molar-refractivity contribution is 5.27. The lowest BCUT2D eigenvalue weighted by Gasteiger charge is -2.15. The molecule has 0 bridgehead atoms. The van der Waals surface area contributed by atoms with Crippen LogP contribution in [0, 0.1) is 0 Å². The van der Waals surface area contributed by atoms with Crippen molar-refractivity contribution in [3.8, 4) is 5.75 Å². The van der Waals surface area contributed by atoms with E-state index in [9.17, 15) is 0 Å². The monoisotopic (exact) mass is 253 g/mol. The first-order chi connectivity index (χ1) is 8.80. The Morgan fingerprint density at radius 3 is 2.56 bits per heavy atom. The molecule has 1 aromatic rings. The quantitative estimate of drug-likeness (QED) is 0.701. The van der Waals surface area contributed by atoms with Crippen LogP contribution in [0.25, 0.3) is 0 Å². The van der Waals surface area contributed by atoms with Gasteiger partial charge in [-0.25, -0.2) is 0 Å². The number of ether oxygens (including phenoxy) is 2. The van der Waals surface area contributed by atoms with E-state index in [-0.39, 0.29) is 12.6 Å². The summed E-state index contributed by atoms with van der Waals surface area (Å²) >= 11 is 0. The summed E-state index contributed by atoms with van der Waals surface area (Å²) in [5.41, 5.74) is 1.16. The van der Waals surface area contributed by atoms with Gasteiger partial charge in [0.25, 0.3) is 0 Å². The van der Waals surface area contributed by atoms with Gasteiger partial charge in [-0.3, -0.25) is 0 Å². The predicted octanol–water partition coefficient (Wildman–Crippen LogP) is 1.57. The van der Waals surface area contributed by atoms with E-state index in [4.69, 9.17) is 14.6 Å². The van der Waals surface area contributed by atoms with Crippen LogP contribution < -0.4 is 10.1 Å². The Kier molecular flexibility index (Phi) is 7.41. The third kappa shape index (κ3) is 5.49. The zero-order valence-corrected chi connectivity index (χ0v) is 11.2. The molecular weight excluding hydrogens is 230 g/mol. The van der Waals surface area contributed by atoms with Crippen LogP contribution in [0.5, 0.6) is 5.75 Å². The van der Waals surface area contributed by atoms with Crippen LogP contribution in [0.3, 0.4) is 0 Å². The van der Waals surface area contributed by atoms with Crippen molar-refractivity contribution in [1.82, 2.24) is 5.32 Å². The van der Waals surface area contributed by atoms with Gasteiger partial charge in [0.1, 0.15) is 5.75 Å². The molecule has 0 saturated heterocycles. The molecule has 0 amide bonds. The standard InChI is InChI=1S/C14H23NO3/c1-3-8-18-14-6-4-12(5-7-14)9-15-13(10-16)11-17-2/h4-7,13,15-16H,3,8-11H2,1-2H3. The van der Waals surface area contributed by atoms with Gasteiger partial charge < -0.3 is 19.9 Å². The van der Waals surface area contributed by atoms with Crippen LogP contribution in [-0.2, 0) is 11.3 Å². The zero-order valence-electron chi connectivity index (χ0n) is 11.2. The maximum Gasteiger partial charge on any atom is 0.119 e. The van der Waals surface area contributed by atoms with Crippen molar-refractivity contribution >= 4 is 0 Å². The molecule has 4 nitrogen and oxygen atoms in total. The third-order valence-corrected chi connectivity index (χ3v) is 2.58. The van der Waals surface area contributed by atoms with Gasteiger partial charge in [0.05, 0.1) is 25.9 Å². The van der Waals surface area contributed by atoms with Crippen LogP contribution in [0.2, 0.25) is 0 Å². The molecule has 102 valence electrons. The van der Waals surface area contributed by atoms with Crippen LogP contribution in [0.4, 0.5) is 0 Å². The van der Waals surface area contributed by atoms with Crippen LogP contribution in [-0.4, -0.2) is 38.1 Å². The second-order valence-corrected chi connectivity index (χ2v) is 4.21. The Hall–Kier alpha value is -1.10. The molecule has 1 rings (SSSR count). The first kappa shape index (κ1) is 15.0. The summed E-state index contributed by atoms with van der Waals surface area (Å²) in [6.07, 6.45) is 1.01. The van der Waals surface area contributed by atoms with Gasteiger partial charge in [-0.05, 0) is 24.1 Å². The first-order valence-corrected chi connectivity index (χ1v) is 6.35. The fourth-order valence-electron chi connectivity index (χ4n) is 1.56. The number of methoxy groups -OCH3 is 1. The Balaban J connectivity index is 2.38. The number of rotatable bonds is 9. The van der Waals surface area contributed by atoms with E-state index in [0.29, 0.717) is 13.2 Å². The number of aliphatic hydroxyl groups is 1. The van der Waals surface area contributed by atoms with E-state index >= 15 is 0 Å². The zero-order chi connectivity index (χ0) is 13.2. The Morgan fingerprint density at radius 1 is 1.28 bits per heavy atom. The molecule has 4 heteroatoms. The van der Waals surface area contributed by atoms with Crippen LogP contribution in [0.15, 0.2) is 24.3 Å². The molecule has 1 aromatic carbocycles. The van der Waals surface area contributed by atoms with Crippen molar-refractivity contribution in [1.29, 1.82) is 0 Å². The van der Waals surface area contributed by atoms with E-state index in [1.807, 2.05) is 24.3 Å². The lowest BCUT2D eigenvalue weighted by molar-refractivity contribution is 0.128. The molecule has 0 aromatic heterocycles. The molecule has 0 heterocycles. The van der Waals surface area contributed by atoms with Gasteiger partial charge in [0, 0.05) is 13.7 Å². The van der Waals surface area contributed by atoms with Gasteiger partial charge >= 0.3 is 0 Å². The van der Waals surface area contributed by atoms with Gasteiger partial charge in [0.2, 0.25) is 0 Å². The molecule has 1 atom stereocenters. The number of hydrogen-bond donors (Lipinski definition) is 2. The molecule has 0 aliphatic carbocycles. The molecule has 1 unspecified atom stereocenters.